The average molecular weight is 402 g/mol. The van der Waals surface area contributed by atoms with Crippen molar-refractivity contribution in [3.8, 4) is 16.9 Å². The molecule has 154 valence electrons. The number of nitrogen functional groups attached to an aromatic ring is 1. The van der Waals surface area contributed by atoms with Crippen LogP contribution in [-0.2, 0) is 0 Å². The largest absolute Gasteiger partial charge is 0.497 e. The van der Waals surface area contributed by atoms with Crippen LogP contribution in [0.25, 0.3) is 11.1 Å². The van der Waals surface area contributed by atoms with Crippen LogP contribution in [0.3, 0.4) is 0 Å². The van der Waals surface area contributed by atoms with Gasteiger partial charge in [-0.05, 0) is 48.7 Å². The minimum absolute atomic E-state index is 0.202. The van der Waals surface area contributed by atoms with Crippen LogP contribution in [0.5, 0.6) is 5.75 Å². The highest BCUT2D eigenvalue weighted by Gasteiger charge is 2.18. The lowest BCUT2D eigenvalue weighted by Gasteiger charge is -2.21. The molecule has 3 heterocycles. The SMILES string of the molecule is COc1cccc(-c2cnc(N)c(C(=O)c3cccc(N4CCCCCC4)n3)c2)c1. The van der Waals surface area contributed by atoms with Crippen molar-refractivity contribution in [3.05, 3.63) is 66.0 Å². The number of aromatic nitrogens is 2. The Labute approximate surface area is 176 Å². The maximum Gasteiger partial charge on any atom is 0.215 e. The molecule has 0 atom stereocenters. The second-order valence-electron chi connectivity index (χ2n) is 7.50. The van der Waals surface area contributed by atoms with E-state index in [0.29, 0.717) is 11.3 Å². The zero-order valence-electron chi connectivity index (χ0n) is 17.2. The number of hydrogen-bond donors (Lipinski definition) is 1. The molecule has 6 nitrogen and oxygen atoms in total. The topological polar surface area (TPSA) is 81.3 Å². The molecule has 30 heavy (non-hydrogen) atoms. The van der Waals surface area contributed by atoms with E-state index in [1.54, 1.807) is 25.4 Å². The number of benzene rings is 1. The number of nitrogens with zero attached hydrogens (tertiary/aromatic N) is 3. The first-order valence-electron chi connectivity index (χ1n) is 10.3. The summed E-state index contributed by atoms with van der Waals surface area (Å²) in [6.45, 7) is 1.94. The van der Waals surface area contributed by atoms with E-state index < -0.39 is 0 Å². The third kappa shape index (κ3) is 4.27. The van der Waals surface area contributed by atoms with Crippen LogP contribution >= 0.6 is 0 Å². The van der Waals surface area contributed by atoms with Crippen molar-refractivity contribution in [2.24, 2.45) is 0 Å². The number of ketones is 1. The van der Waals surface area contributed by atoms with E-state index in [-0.39, 0.29) is 11.6 Å². The number of ether oxygens (including phenoxy) is 1. The summed E-state index contributed by atoms with van der Waals surface area (Å²) >= 11 is 0. The van der Waals surface area contributed by atoms with Crippen molar-refractivity contribution in [3.63, 3.8) is 0 Å². The number of carbonyl (C=O) groups is 1. The first kappa shape index (κ1) is 19.9. The predicted octanol–water partition coefficient (Wildman–Crippen LogP) is 4.35. The molecule has 4 rings (SSSR count). The fraction of sp³-hybridized carbons (Fsp3) is 0.292. The van der Waals surface area contributed by atoms with Gasteiger partial charge in [-0.1, -0.05) is 31.0 Å². The standard InChI is InChI=1S/C24H26N4O2/c1-30-19-9-6-8-17(14-19)18-15-20(24(25)26-16-18)23(29)21-10-7-11-22(27-21)28-12-4-2-3-5-13-28/h6-11,14-16H,2-5,12-13H2,1H3,(H2,25,26). The minimum atomic E-state index is -0.221. The Bertz CT molecular complexity index is 1040. The predicted molar refractivity (Wildman–Crippen MR) is 119 cm³/mol. The van der Waals surface area contributed by atoms with Crippen LogP contribution < -0.4 is 15.4 Å². The summed E-state index contributed by atoms with van der Waals surface area (Å²) in [6.07, 6.45) is 6.46. The molecule has 2 N–H and O–H groups in total. The van der Waals surface area contributed by atoms with Gasteiger partial charge < -0.3 is 15.4 Å². The van der Waals surface area contributed by atoms with Gasteiger partial charge in [0.1, 0.15) is 23.1 Å². The van der Waals surface area contributed by atoms with Gasteiger partial charge in [0, 0.05) is 24.8 Å². The molecule has 0 unspecified atom stereocenters. The van der Waals surface area contributed by atoms with E-state index in [0.717, 1.165) is 48.6 Å². The number of hydrogen-bond acceptors (Lipinski definition) is 6. The Morgan fingerprint density at radius 1 is 1.00 bits per heavy atom. The summed E-state index contributed by atoms with van der Waals surface area (Å²) in [5, 5.41) is 0. The molecule has 6 heteroatoms. The van der Waals surface area contributed by atoms with Gasteiger partial charge in [-0.25, -0.2) is 9.97 Å². The normalized spacial score (nSPS) is 14.2. The average Bonchev–Trinajstić information content (AvgIpc) is 3.09. The molecular formula is C24H26N4O2. The molecule has 1 saturated heterocycles. The highest BCUT2D eigenvalue weighted by molar-refractivity contribution is 6.11. The molecule has 1 aliphatic rings. The van der Waals surface area contributed by atoms with Crippen LogP contribution in [-0.4, -0.2) is 36.0 Å². The van der Waals surface area contributed by atoms with Crippen LogP contribution in [0.15, 0.2) is 54.7 Å². The summed E-state index contributed by atoms with van der Waals surface area (Å²) in [7, 11) is 1.62. The molecule has 0 saturated carbocycles. The highest BCUT2D eigenvalue weighted by Crippen LogP contribution is 2.27. The Hall–Kier alpha value is -3.41. The van der Waals surface area contributed by atoms with Crippen molar-refractivity contribution in [1.82, 2.24) is 9.97 Å². The van der Waals surface area contributed by atoms with E-state index in [1.165, 1.54) is 12.8 Å². The fourth-order valence-corrected chi connectivity index (χ4v) is 3.78. The smallest absolute Gasteiger partial charge is 0.215 e. The van der Waals surface area contributed by atoms with E-state index in [9.17, 15) is 4.79 Å². The third-order valence-corrected chi connectivity index (χ3v) is 5.46. The second kappa shape index (κ2) is 8.95. The number of anilines is 2. The van der Waals surface area contributed by atoms with Crippen molar-refractivity contribution < 1.29 is 9.53 Å². The number of rotatable bonds is 5. The summed E-state index contributed by atoms with van der Waals surface area (Å²) in [4.78, 5) is 24.4. The second-order valence-corrected chi connectivity index (χ2v) is 7.50. The van der Waals surface area contributed by atoms with Crippen molar-refractivity contribution in [1.29, 1.82) is 0 Å². The molecule has 0 radical (unpaired) electrons. The summed E-state index contributed by atoms with van der Waals surface area (Å²) in [5.74, 6) is 1.57. The zero-order chi connectivity index (χ0) is 20.9. The molecule has 1 aromatic carbocycles. The van der Waals surface area contributed by atoms with E-state index in [4.69, 9.17) is 10.5 Å². The lowest BCUT2D eigenvalue weighted by molar-refractivity contribution is 0.103. The van der Waals surface area contributed by atoms with Crippen LogP contribution in [0, 0.1) is 0 Å². The number of nitrogens with two attached hydrogens (primary N) is 1. The Balaban J connectivity index is 1.65. The number of methoxy groups -OCH3 is 1. The van der Waals surface area contributed by atoms with Gasteiger partial charge in [-0.15, -0.1) is 0 Å². The Kier molecular flexibility index (Phi) is 5.93. The Morgan fingerprint density at radius 3 is 2.53 bits per heavy atom. The molecule has 1 aliphatic heterocycles. The van der Waals surface area contributed by atoms with E-state index in [1.807, 2.05) is 36.4 Å². The summed E-state index contributed by atoms with van der Waals surface area (Å²) in [5.41, 5.74) is 8.51. The van der Waals surface area contributed by atoms with Gasteiger partial charge >= 0.3 is 0 Å². The van der Waals surface area contributed by atoms with Gasteiger partial charge in [0.25, 0.3) is 0 Å². The molecular weight excluding hydrogens is 376 g/mol. The summed E-state index contributed by atoms with van der Waals surface area (Å²) < 4.78 is 5.30. The van der Waals surface area contributed by atoms with Gasteiger partial charge in [-0.2, -0.15) is 0 Å². The zero-order valence-corrected chi connectivity index (χ0v) is 17.2. The molecule has 3 aromatic rings. The number of carbonyl (C=O) groups excluding carboxylic acids is 1. The van der Waals surface area contributed by atoms with Gasteiger partial charge in [0.05, 0.1) is 12.7 Å². The molecule has 0 amide bonds. The van der Waals surface area contributed by atoms with Crippen molar-refractivity contribution >= 4 is 17.4 Å². The molecule has 2 aromatic heterocycles. The maximum atomic E-state index is 13.3. The lowest BCUT2D eigenvalue weighted by atomic mass is 10.0. The fourth-order valence-electron chi connectivity index (χ4n) is 3.78. The third-order valence-electron chi connectivity index (χ3n) is 5.46. The monoisotopic (exact) mass is 402 g/mol. The van der Waals surface area contributed by atoms with Crippen molar-refractivity contribution in [2.75, 3.05) is 30.8 Å². The lowest BCUT2D eigenvalue weighted by Crippen LogP contribution is -2.25. The van der Waals surface area contributed by atoms with Gasteiger partial charge in [-0.3, -0.25) is 4.79 Å². The minimum Gasteiger partial charge on any atom is -0.497 e. The van der Waals surface area contributed by atoms with Crippen LogP contribution in [0.1, 0.15) is 41.7 Å². The van der Waals surface area contributed by atoms with Crippen LogP contribution in [0.4, 0.5) is 11.6 Å². The molecule has 0 aliphatic carbocycles. The maximum absolute atomic E-state index is 13.3. The molecule has 0 spiro atoms. The molecule has 1 fully saturated rings. The molecule has 0 bridgehead atoms. The van der Waals surface area contributed by atoms with Gasteiger partial charge in [0.2, 0.25) is 5.78 Å². The number of pyridine rings is 2. The summed E-state index contributed by atoms with van der Waals surface area (Å²) in [6, 6.07) is 15.0. The quantitative estimate of drug-likeness (QED) is 0.639. The first-order chi connectivity index (χ1) is 14.7. The van der Waals surface area contributed by atoms with Gasteiger partial charge in [0.15, 0.2) is 0 Å². The van der Waals surface area contributed by atoms with Crippen molar-refractivity contribution in [2.45, 2.75) is 25.7 Å². The van der Waals surface area contributed by atoms with E-state index >= 15 is 0 Å². The van der Waals surface area contributed by atoms with E-state index in [2.05, 4.69) is 14.9 Å². The van der Waals surface area contributed by atoms with Crippen LogP contribution in [0.2, 0.25) is 0 Å². The first-order valence-corrected chi connectivity index (χ1v) is 10.3. The Morgan fingerprint density at radius 2 is 1.77 bits per heavy atom. The highest BCUT2D eigenvalue weighted by atomic mass is 16.5.